The molecule has 0 saturated carbocycles. The van der Waals surface area contributed by atoms with Crippen LogP contribution in [0.3, 0.4) is 0 Å². The van der Waals surface area contributed by atoms with Gasteiger partial charge in [0.1, 0.15) is 5.84 Å². The van der Waals surface area contributed by atoms with Crippen molar-refractivity contribution in [1.82, 2.24) is 9.80 Å². The molecule has 22 heavy (non-hydrogen) atoms. The number of fused-ring (bicyclic) bond motifs is 2. The minimum Gasteiger partial charge on any atom is -0.353 e. The summed E-state index contributed by atoms with van der Waals surface area (Å²) < 4.78 is 0. The average Bonchev–Trinajstić information content (AvgIpc) is 2.91. The van der Waals surface area contributed by atoms with Crippen molar-refractivity contribution in [1.29, 1.82) is 0 Å². The minimum atomic E-state index is 0.755. The van der Waals surface area contributed by atoms with Crippen molar-refractivity contribution < 1.29 is 0 Å². The first kappa shape index (κ1) is 14.2. The van der Waals surface area contributed by atoms with Gasteiger partial charge in [-0.15, -0.1) is 11.3 Å². The summed E-state index contributed by atoms with van der Waals surface area (Å²) in [4.78, 5) is 11.1. The fraction of sp³-hybridized carbons (Fsp3) is 0.353. The van der Waals surface area contributed by atoms with Crippen molar-refractivity contribution in [3.05, 3.63) is 50.7 Å². The second-order valence-electron chi connectivity index (χ2n) is 5.95. The molecule has 1 aromatic carbocycles. The Kier molecular flexibility index (Phi) is 3.68. The molecule has 1 aromatic heterocycles. The molecular weight excluding hydrogens is 314 g/mol. The van der Waals surface area contributed by atoms with Gasteiger partial charge in [0.2, 0.25) is 0 Å². The van der Waals surface area contributed by atoms with Crippen LogP contribution in [-0.2, 0) is 6.42 Å². The van der Waals surface area contributed by atoms with Gasteiger partial charge in [-0.25, -0.2) is 4.99 Å². The molecule has 0 unspecified atom stereocenters. The van der Waals surface area contributed by atoms with Gasteiger partial charge < -0.3 is 9.80 Å². The lowest BCUT2D eigenvalue weighted by molar-refractivity contribution is 0.216. The molecule has 0 amide bonds. The second-order valence-corrected chi connectivity index (χ2v) is 7.30. The standard InChI is InChI=1S/C17H18ClN3S/c1-20-5-7-21(8-6-20)17-16-13(4-9-22-16)10-12-2-3-14(18)11-15(12)19-17/h2-4,9,11H,5-8,10H2,1H3. The first-order valence-corrected chi connectivity index (χ1v) is 8.84. The maximum atomic E-state index is 6.18. The smallest absolute Gasteiger partial charge is 0.147 e. The van der Waals surface area contributed by atoms with Crippen LogP contribution >= 0.6 is 22.9 Å². The fourth-order valence-corrected chi connectivity index (χ4v) is 4.17. The number of amidine groups is 1. The third kappa shape index (κ3) is 2.56. The summed E-state index contributed by atoms with van der Waals surface area (Å²) in [6, 6.07) is 8.29. The largest absolute Gasteiger partial charge is 0.353 e. The number of hydrogen-bond donors (Lipinski definition) is 0. The Morgan fingerprint density at radius 3 is 2.73 bits per heavy atom. The number of thiophene rings is 1. The van der Waals surface area contributed by atoms with Crippen LogP contribution in [0.5, 0.6) is 0 Å². The molecule has 4 rings (SSSR count). The summed E-state index contributed by atoms with van der Waals surface area (Å²) in [6.07, 6.45) is 0.937. The van der Waals surface area contributed by atoms with Crippen LogP contribution in [0.15, 0.2) is 34.6 Å². The van der Waals surface area contributed by atoms with E-state index >= 15 is 0 Å². The lowest BCUT2D eigenvalue weighted by Crippen LogP contribution is -2.47. The van der Waals surface area contributed by atoms with Crippen LogP contribution in [0.25, 0.3) is 0 Å². The van der Waals surface area contributed by atoms with Crippen molar-refractivity contribution in [2.24, 2.45) is 4.99 Å². The number of halogens is 1. The third-order valence-electron chi connectivity index (χ3n) is 4.41. The van der Waals surface area contributed by atoms with E-state index in [9.17, 15) is 0 Å². The van der Waals surface area contributed by atoms with Crippen LogP contribution in [0, 0.1) is 0 Å². The van der Waals surface area contributed by atoms with Gasteiger partial charge in [-0.05, 0) is 41.8 Å². The summed E-state index contributed by atoms with van der Waals surface area (Å²) in [6.45, 7) is 4.23. The van der Waals surface area contributed by atoms with Gasteiger partial charge >= 0.3 is 0 Å². The molecule has 0 atom stereocenters. The highest BCUT2D eigenvalue weighted by Gasteiger charge is 2.24. The summed E-state index contributed by atoms with van der Waals surface area (Å²) in [5.41, 5.74) is 3.65. The molecule has 3 nitrogen and oxygen atoms in total. The Morgan fingerprint density at radius 2 is 1.91 bits per heavy atom. The predicted molar refractivity (Wildman–Crippen MR) is 93.8 cm³/mol. The van der Waals surface area contributed by atoms with Gasteiger partial charge in [-0.3, -0.25) is 0 Å². The van der Waals surface area contributed by atoms with Crippen molar-refractivity contribution in [3.8, 4) is 0 Å². The lowest BCUT2D eigenvalue weighted by Gasteiger charge is -2.34. The molecule has 2 aromatic rings. The molecule has 5 heteroatoms. The van der Waals surface area contributed by atoms with Gasteiger partial charge in [-0.2, -0.15) is 0 Å². The zero-order valence-corrected chi connectivity index (χ0v) is 14.1. The maximum absolute atomic E-state index is 6.18. The number of piperazine rings is 1. The van der Waals surface area contributed by atoms with E-state index in [1.165, 1.54) is 16.0 Å². The molecule has 0 aliphatic carbocycles. The minimum absolute atomic E-state index is 0.755. The summed E-state index contributed by atoms with van der Waals surface area (Å²) in [5, 5.41) is 2.93. The maximum Gasteiger partial charge on any atom is 0.147 e. The van der Waals surface area contributed by atoms with E-state index < -0.39 is 0 Å². The number of benzene rings is 1. The Balaban J connectivity index is 1.80. The van der Waals surface area contributed by atoms with Crippen molar-refractivity contribution in [3.63, 3.8) is 0 Å². The Bertz CT molecular complexity index is 729. The summed E-state index contributed by atoms with van der Waals surface area (Å²) in [5.74, 6) is 1.12. The van der Waals surface area contributed by atoms with E-state index in [0.717, 1.165) is 49.1 Å². The molecule has 0 bridgehead atoms. The van der Waals surface area contributed by atoms with Crippen molar-refractivity contribution >= 4 is 34.5 Å². The number of nitrogens with zero attached hydrogens (tertiary/aromatic N) is 3. The molecule has 1 saturated heterocycles. The zero-order chi connectivity index (χ0) is 15.1. The van der Waals surface area contributed by atoms with Crippen molar-refractivity contribution in [2.45, 2.75) is 6.42 Å². The number of hydrogen-bond acceptors (Lipinski definition) is 4. The molecular formula is C17H18ClN3S. The number of likely N-dealkylation sites (N-methyl/N-ethyl adjacent to an activating group) is 1. The molecule has 1 fully saturated rings. The normalized spacial score (nSPS) is 18.5. The van der Waals surface area contributed by atoms with Crippen LogP contribution in [0.4, 0.5) is 5.69 Å². The molecule has 0 spiro atoms. The van der Waals surface area contributed by atoms with Gasteiger partial charge in [0.05, 0.1) is 10.6 Å². The summed E-state index contributed by atoms with van der Waals surface area (Å²) >= 11 is 7.98. The van der Waals surface area contributed by atoms with Crippen LogP contribution in [0.2, 0.25) is 5.02 Å². The topological polar surface area (TPSA) is 18.8 Å². The van der Waals surface area contributed by atoms with Crippen LogP contribution < -0.4 is 0 Å². The highest BCUT2D eigenvalue weighted by atomic mass is 35.5. The Morgan fingerprint density at radius 1 is 1.09 bits per heavy atom. The fourth-order valence-electron chi connectivity index (χ4n) is 3.06. The van der Waals surface area contributed by atoms with E-state index in [4.69, 9.17) is 16.6 Å². The van der Waals surface area contributed by atoms with E-state index in [1.807, 2.05) is 12.1 Å². The second kappa shape index (κ2) is 5.69. The van der Waals surface area contributed by atoms with E-state index in [0.29, 0.717) is 0 Å². The SMILES string of the molecule is CN1CCN(C2=Nc3cc(Cl)ccc3Cc3ccsc32)CC1. The molecule has 0 radical (unpaired) electrons. The Labute approximate surface area is 139 Å². The molecule has 0 N–H and O–H groups in total. The average molecular weight is 332 g/mol. The highest BCUT2D eigenvalue weighted by Crippen LogP contribution is 2.34. The molecule has 114 valence electrons. The number of rotatable bonds is 0. The molecule has 2 aliphatic heterocycles. The van der Waals surface area contributed by atoms with Gasteiger partial charge in [-0.1, -0.05) is 17.7 Å². The van der Waals surface area contributed by atoms with Gasteiger partial charge in [0.15, 0.2) is 0 Å². The van der Waals surface area contributed by atoms with Gasteiger partial charge in [0.25, 0.3) is 0 Å². The first-order valence-electron chi connectivity index (χ1n) is 7.58. The highest BCUT2D eigenvalue weighted by molar-refractivity contribution is 7.12. The van der Waals surface area contributed by atoms with Crippen LogP contribution in [-0.4, -0.2) is 48.9 Å². The Hall–Kier alpha value is -1.36. The summed E-state index contributed by atoms with van der Waals surface area (Å²) in [7, 11) is 2.18. The van der Waals surface area contributed by atoms with E-state index in [1.54, 1.807) is 11.3 Å². The van der Waals surface area contributed by atoms with Gasteiger partial charge in [0, 0.05) is 37.6 Å². The van der Waals surface area contributed by atoms with Crippen molar-refractivity contribution in [2.75, 3.05) is 33.2 Å². The van der Waals surface area contributed by atoms with E-state index in [-0.39, 0.29) is 0 Å². The lowest BCUT2D eigenvalue weighted by atomic mass is 10.1. The molecule has 3 heterocycles. The number of aliphatic imine (C=N–C) groups is 1. The molecule has 2 aliphatic rings. The van der Waals surface area contributed by atoms with E-state index in [2.05, 4.69) is 34.4 Å². The quantitative estimate of drug-likeness (QED) is 0.734. The zero-order valence-electron chi connectivity index (χ0n) is 12.6. The third-order valence-corrected chi connectivity index (χ3v) is 5.59. The predicted octanol–water partition coefficient (Wildman–Crippen LogP) is 3.63. The first-order chi connectivity index (χ1) is 10.7. The monoisotopic (exact) mass is 331 g/mol. The van der Waals surface area contributed by atoms with Crippen LogP contribution in [0.1, 0.15) is 16.0 Å².